The fourth-order valence-corrected chi connectivity index (χ4v) is 1.56. The Hall–Kier alpha value is -1.02. The zero-order valence-electron chi connectivity index (χ0n) is 12.2. The van der Waals surface area contributed by atoms with Crippen LogP contribution in [-0.4, -0.2) is 65.7 Å². The van der Waals surface area contributed by atoms with Crippen molar-refractivity contribution in [1.82, 2.24) is 20.3 Å². The molecule has 1 unspecified atom stereocenters. The fourth-order valence-electron chi connectivity index (χ4n) is 1.56. The number of hydrogen-bond acceptors (Lipinski definition) is 6. The maximum Gasteiger partial charge on any atom is 0.0897 e. The van der Waals surface area contributed by atoms with Gasteiger partial charge in [-0.1, -0.05) is 18.6 Å². The van der Waals surface area contributed by atoms with Crippen molar-refractivity contribution in [1.29, 1.82) is 0 Å². The molecule has 0 saturated heterocycles. The van der Waals surface area contributed by atoms with Crippen molar-refractivity contribution >= 4 is 0 Å². The zero-order valence-corrected chi connectivity index (χ0v) is 12.2. The maximum absolute atomic E-state index is 9.68. The van der Waals surface area contributed by atoms with Gasteiger partial charge in [0.05, 0.1) is 38.7 Å². The predicted molar refractivity (Wildman–Crippen MR) is 75.4 cm³/mol. The second-order valence-corrected chi connectivity index (χ2v) is 4.56. The fraction of sp³-hybridized carbons (Fsp3) is 0.846. The Morgan fingerprint density at radius 2 is 2.15 bits per heavy atom. The molecule has 0 aliphatic rings. The number of aliphatic hydroxyl groups is 1. The topological polar surface area (TPSA) is 81.4 Å². The molecule has 0 radical (unpaired) electrons. The number of ether oxygens (including phenoxy) is 2. The van der Waals surface area contributed by atoms with E-state index in [1.54, 1.807) is 17.1 Å². The molecule has 0 amide bonds. The molecule has 7 nitrogen and oxygen atoms in total. The number of nitrogens with one attached hydrogen (secondary N) is 1. The maximum atomic E-state index is 9.68. The highest BCUT2D eigenvalue weighted by Crippen LogP contribution is 1.89. The molecular weight excluding hydrogens is 260 g/mol. The molecule has 0 bridgehead atoms. The van der Waals surface area contributed by atoms with Crippen LogP contribution in [0.3, 0.4) is 0 Å². The molecule has 1 atom stereocenters. The van der Waals surface area contributed by atoms with E-state index in [0.717, 1.165) is 32.5 Å². The Balaban J connectivity index is 1.84. The zero-order chi connectivity index (χ0) is 14.5. The highest BCUT2D eigenvalue weighted by molar-refractivity contribution is 4.65. The van der Waals surface area contributed by atoms with Crippen LogP contribution in [0.15, 0.2) is 12.4 Å². The van der Waals surface area contributed by atoms with Crippen molar-refractivity contribution in [2.45, 2.75) is 32.4 Å². The van der Waals surface area contributed by atoms with Crippen LogP contribution in [0, 0.1) is 0 Å². The van der Waals surface area contributed by atoms with Crippen molar-refractivity contribution in [3.8, 4) is 0 Å². The van der Waals surface area contributed by atoms with Gasteiger partial charge in [-0.3, -0.25) is 4.68 Å². The summed E-state index contributed by atoms with van der Waals surface area (Å²) in [6, 6.07) is 0. The lowest BCUT2D eigenvalue weighted by atomic mass is 10.4. The molecule has 1 aromatic rings. The second-order valence-electron chi connectivity index (χ2n) is 4.56. The Bertz CT molecular complexity index is 309. The van der Waals surface area contributed by atoms with Crippen molar-refractivity contribution < 1.29 is 14.6 Å². The summed E-state index contributed by atoms with van der Waals surface area (Å²) >= 11 is 0. The molecule has 0 aliphatic heterocycles. The first-order valence-corrected chi connectivity index (χ1v) is 7.21. The summed E-state index contributed by atoms with van der Waals surface area (Å²) in [6.45, 7) is 6.34. The quantitative estimate of drug-likeness (QED) is 0.499. The largest absolute Gasteiger partial charge is 0.389 e. The number of nitrogens with zero attached hydrogens (tertiary/aromatic N) is 3. The van der Waals surface area contributed by atoms with E-state index in [-0.39, 0.29) is 0 Å². The number of unbranched alkanes of at least 4 members (excludes halogenated alkanes) is 1. The van der Waals surface area contributed by atoms with Crippen LogP contribution in [0.5, 0.6) is 0 Å². The normalized spacial score (nSPS) is 12.7. The molecule has 116 valence electrons. The third-order valence-electron chi connectivity index (χ3n) is 2.69. The van der Waals surface area contributed by atoms with Crippen LogP contribution < -0.4 is 5.32 Å². The summed E-state index contributed by atoms with van der Waals surface area (Å²) in [6.07, 6.45) is 5.17. The summed E-state index contributed by atoms with van der Waals surface area (Å²) in [5, 5.41) is 20.4. The van der Waals surface area contributed by atoms with Crippen molar-refractivity contribution in [2.24, 2.45) is 0 Å². The SMILES string of the molecule is CCCCOCCOCC(O)CNCCn1ccnn1. The third-order valence-corrected chi connectivity index (χ3v) is 2.69. The molecule has 1 aromatic heterocycles. The van der Waals surface area contributed by atoms with Crippen LogP contribution in [0.4, 0.5) is 0 Å². The molecule has 0 saturated carbocycles. The molecule has 0 aliphatic carbocycles. The van der Waals surface area contributed by atoms with Crippen LogP contribution in [-0.2, 0) is 16.0 Å². The van der Waals surface area contributed by atoms with Gasteiger partial charge in [-0.05, 0) is 6.42 Å². The Morgan fingerprint density at radius 1 is 1.30 bits per heavy atom. The summed E-state index contributed by atoms with van der Waals surface area (Å²) in [7, 11) is 0. The molecule has 0 fully saturated rings. The highest BCUT2D eigenvalue weighted by atomic mass is 16.5. The lowest BCUT2D eigenvalue weighted by molar-refractivity contribution is 0.00392. The average Bonchev–Trinajstić information content (AvgIpc) is 2.96. The molecule has 1 rings (SSSR count). The van der Waals surface area contributed by atoms with Crippen molar-refractivity contribution in [3.05, 3.63) is 12.4 Å². The van der Waals surface area contributed by atoms with Gasteiger partial charge in [0.2, 0.25) is 0 Å². The molecule has 0 aromatic carbocycles. The number of aliphatic hydroxyl groups excluding tert-OH is 1. The van der Waals surface area contributed by atoms with Gasteiger partial charge in [0, 0.05) is 25.9 Å². The van der Waals surface area contributed by atoms with E-state index in [0.29, 0.717) is 26.4 Å². The highest BCUT2D eigenvalue weighted by Gasteiger charge is 2.03. The molecular formula is C13H26N4O3. The van der Waals surface area contributed by atoms with Crippen LogP contribution in [0.2, 0.25) is 0 Å². The Kier molecular flexibility index (Phi) is 10.0. The monoisotopic (exact) mass is 286 g/mol. The minimum absolute atomic E-state index is 0.327. The van der Waals surface area contributed by atoms with E-state index in [4.69, 9.17) is 9.47 Å². The van der Waals surface area contributed by atoms with E-state index >= 15 is 0 Å². The minimum atomic E-state index is -0.499. The number of rotatable bonds is 13. The van der Waals surface area contributed by atoms with Gasteiger partial charge in [-0.25, -0.2) is 0 Å². The van der Waals surface area contributed by atoms with E-state index in [1.165, 1.54) is 0 Å². The van der Waals surface area contributed by atoms with Gasteiger partial charge in [0.25, 0.3) is 0 Å². The molecule has 7 heteroatoms. The van der Waals surface area contributed by atoms with Gasteiger partial charge in [-0.15, -0.1) is 5.10 Å². The van der Waals surface area contributed by atoms with Gasteiger partial charge in [0.15, 0.2) is 0 Å². The lowest BCUT2D eigenvalue weighted by Crippen LogP contribution is -2.32. The van der Waals surface area contributed by atoms with E-state index in [9.17, 15) is 5.11 Å². The Labute approximate surface area is 120 Å². The first-order chi connectivity index (χ1) is 9.83. The van der Waals surface area contributed by atoms with Gasteiger partial charge < -0.3 is 19.9 Å². The summed E-state index contributed by atoms with van der Waals surface area (Å²) in [5.41, 5.74) is 0. The summed E-state index contributed by atoms with van der Waals surface area (Å²) in [4.78, 5) is 0. The summed E-state index contributed by atoms with van der Waals surface area (Å²) < 4.78 is 12.4. The summed E-state index contributed by atoms with van der Waals surface area (Å²) in [5.74, 6) is 0. The van der Waals surface area contributed by atoms with Crippen molar-refractivity contribution in [2.75, 3.05) is 39.5 Å². The van der Waals surface area contributed by atoms with Gasteiger partial charge in [0.1, 0.15) is 0 Å². The smallest absolute Gasteiger partial charge is 0.0897 e. The molecule has 2 N–H and O–H groups in total. The van der Waals surface area contributed by atoms with E-state index in [1.807, 2.05) is 0 Å². The van der Waals surface area contributed by atoms with Crippen LogP contribution in [0.25, 0.3) is 0 Å². The average molecular weight is 286 g/mol. The van der Waals surface area contributed by atoms with E-state index < -0.39 is 6.10 Å². The number of aromatic nitrogens is 3. The van der Waals surface area contributed by atoms with Crippen LogP contribution in [0.1, 0.15) is 19.8 Å². The standard InChI is InChI=1S/C13H26N4O3/c1-2-3-8-19-9-10-20-12-13(18)11-14-4-6-17-7-5-15-16-17/h5,7,13-14,18H,2-4,6,8-12H2,1H3. The third kappa shape index (κ3) is 8.98. The number of hydrogen-bond donors (Lipinski definition) is 2. The molecule has 1 heterocycles. The van der Waals surface area contributed by atoms with Gasteiger partial charge in [-0.2, -0.15) is 0 Å². The van der Waals surface area contributed by atoms with Crippen LogP contribution >= 0.6 is 0 Å². The first kappa shape index (κ1) is 17.0. The van der Waals surface area contributed by atoms with E-state index in [2.05, 4.69) is 22.6 Å². The first-order valence-electron chi connectivity index (χ1n) is 7.21. The Morgan fingerprint density at radius 3 is 2.90 bits per heavy atom. The lowest BCUT2D eigenvalue weighted by Gasteiger charge is -2.12. The second kappa shape index (κ2) is 11.8. The van der Waals surface area contributed by atoms with Crippen molar-refractivity contribution in [3.63, 3.8) is 0 Å². The molecule has 0 spiro atoms. The van der Waals surface area contributed by atoms with Gasteiger partial charge >= 0.3 is 0 Å². The predicted octanol–water partition coefficient (Wildman–Crippen LogP) is 0.0619. The molecule has 20 heavy (non-hydrogen) atoms. The minimum Gasteiger partial charge on any atom is -0.389 e.